The SMILES string of the molecule is CN(CCSC(F)(F)F)c1ccc(Br)cc1N. The predicted molar refractivity (Wildman–Crippen MR) is 70.3 cm³/mol. The summed E-state index contributed by atoms with van der Waals surface area (Å²) in [6, 6.07) is 5.31. The van der Waals surface area contributed by atoms with Crippen LogP contribution in [0.4, 0.5) is 24.5 Å². The Morgan fingerprint density at radius 1 is 1.41 bits per heavy atom. The molecule has 0 heterocycles. The standard InChI is InChI=1S/C10H12BrF3N2S/c1-16(4-5-17-10(12,13)14)9-3-2-7(11)6-8(9)15/h2-3,6H,4-5,15H2,1H3. The van der Waals surface area contributed by atoms with E-state index < -0.39 is 5.51 Å². The predicted octanol–water partition coefficient (Wildman–Crippen LogP) is 3.72. The van der Waals surface area contributed by atoms with Gasteiger partial charge in [0.15, 0.2) is 0 Å². The van der Waals surface area contributed by atoms with Gasteiger partial charge in [0, 0.05) is 23.8 Å². The second kappa shape index (κ2) is 5.86. The molecule has 0 amide bonds. The molecule has 0 aliphatic heterocycles. The van der Waals surface area contributed by atoms with Gasteiger partial charge in [-0.3, -0.25) is 0 Å². The van der Waals surface area contributed by atoms with Crippen molar-refractivity contribution in [2.75, 3.05) is 30.0 Å². The number of nitrogen functional groups attached to an aromatic ring is 1. The summed E-state index contributed by atoms with van der Waals surface area (Å²) in [6.45, 7) is 0.288. The van der Waals surface area contributed by atoms with E-state index >= 15 is 0 Å². The van der Waals surface area contributed by atoms with Crippen LogP contribution in [0.25, 0.3) is 0 Å². The van der Waals surface area contributed by atoms with E-state index in [-0.39, 0.29) is 24.1 Å². The number of rotatable bonds is 4. The third-order valence-electron chi connectivity index (χ3n) is 2.09. The Kier molecular flexibility index (Phi) is 5.00. The summed E-state index contributed by atoms with van der Waals surface area (Å²) in [5.41, 5.74) is 2.88. The molecule has 2 nitrogen and oxygen atoms in total. The lowest BCUT2D eigenvalue weighted by Crippen LogP contribution is -2.22. The third-order valence-corrected chi connectivity index (χ3v) is 3.30. The molecule has 0 aliphatic rings. The van der Waals surface area contributed by atoms with Crippen LogP contribution in [0, 0.1) is 0 Å². The minimum absolute atomic E-state index is 0.0183. The van der Waals surface area contributed by atoms with Gasteiger partial charge in [-0.1, -0.05) is 15.9 Å². The zero-order chi connectivity index (χ0) is 13.1. The molecule has 96 valence electrons. The average Bonchev–Trinajstić information content (AvgIpc) is 2.15. The Bertz CT molecular complexity index is 384. The van der Waals surface area contributed by atoms with Crippen molar-refractivity contribution in [2.45, 2.75) is 5.51 Å². The summed E-state index contributed by atoms with van der Waals surface area (Å²) in [4.78, 5) is 1.71. The van der Waals surface area contributed by atoms with E-state index in [2.05, 4.69) is 15.9 Å². The van der Waals surface area contributed by atoms with Crippen LogP contribution >= 0.6 is 27.7 Å². The number of nitrogens with two attached hydrogens (primary N) is 1. The highest BCUT2D eigenvalue weighted by Crippen LogP contribution is 2.31. The Morgan fingerprint density at radius 2 is 2.06 bits per heavy atom. The summed E-state index contributed by atoms with van der Waals surface area (Å²) >= 11 is 3.25. The van der Waals surface area contributed by atoms with E-state index in [0.29, 0.717) is 5.69 Å². The molecule has 0 aliphatic carbocycles. The van der Waals surface area contributed by atoms with Gasteiger partial charge >= 0.3 is 5.51 Å². The van der Waals surface area contributed by atoms with Crippen molar-refractivity contribution in [3.63, 3.8) is 0 Å². The topological polar surface area (TPSA) is 29.3 Å². The molecule has 0 spiro atoms. The number of nitrogens with zero attached hydrogens (tertiary/aromatic N) is 1. The van der Waals surface area contributed by atoms with Gasteiger partial charge in [-0.2, -0.15) is 13.2 Å². The molecule has 0 atom stereocenters. The summed E-state index contributed by atoms with van der Waals surface area (Å²) in [5, 5.41) is 0. The minimum atomic E-state index is -4.17. The Hall–Kier alpha value is -0.560. The number of halogens is 4. The van der Waals surface area contributed by atoms with Crippen molar-refractivity contribution in [1.29, 1.82) is 0 Å². The van der Waals surface area contributed by atoms with Gasteiger partial charge in [0.25, 0.3) is 0 Å². The van der Waals surface area contributed by atoms with Crippen molar-refractivity contribution >= 4 is 39.1 Å². The molecule has 1 aromatic carbocycles. The Labute approximate surface area is 110 Å². The van der Waals surface area contributed by atoms with Crippen LogP contribution in [0.3, 0.4) is 0 Å². The molecule has 17 heavy (non-hydrogen) atoms. The molecule has 0 bridgehead atoms. The first-order chi connectivity index (χ1) is 7.79. The molecule has 2 N–H and O–H groups in total. The van der Waals surface area contributed by atoms with Crippen LogP contribution < -0.4 is 10.6 Å². The maximum Gasteiger partial charge on any atom is 0.441 e. The maximum atomic E-state index is 12.0. The first kappa shape index (κ1) is 14.5. The van der Waals surface area contributed by atoms with Gasteiger partial charge < -0.3 is 10.6 Å². The van der Waals surface area contributed by atoms with Crippen LogP contribution in [0.2, 0.25) is 0 Å². The van der Waals surface area contributed by atoms with Gasteiger partial charge in [-0.25, -0.2) is 0 Å². The maximum absolute atomic E-state index is 12.0. The second-order valence-corrected chi connectivity index (χ2v) is 5.49. The van der Waals surface area contributed by atoms with E-state index in [1.165, 1.54) is 0 Å². The normalized spacial score (nSPS) is 11.6. The number of alkyl halides is 3. The molecule has 0 saturated carbocycles. The lowest BCUT2D eigenvalue weighted by atomic mass is 10.2. The summed E-state index contributed by atoms with van der Waals surface area (Å²) in [6.07, 6.45) is 0. The van der Waals surface area contributed by atoms with E-state index in [1.54, 1.807) is 30.1 Å². The van der Waals surface area contributed by atoms with Crippen molar-refractivity contribution in [1.82, 2.24) is 0 Å². The highest BCUT2D eigenvalue weighted by molar-refractivity contribution is 9.10. The van der Waals surface area contributed by atoms with E-state index in [4.69, 9.17) is 5.73 Å². The van der Waals surface area contributed by atoms with Crippen LogP contribution in [0.15, 0.2) is 22.7 Å². The van der Waals surface area contributed by atoms with Crippen LogP contribution in [0.1, 0.15) is 0 Å². The molecule has 1 aromatic rings. The monoisotopic (exact) mass is 328 g/mol. The highest BCUT2D eigenvalue weighted by Gasteiger charge is 2.27. The fraction of sp³-hybridized carbons (Fsp3) is 0.400. The molecule has 0 aromatic heterocycles. The largest absolute Gasteiger partial charge is 0.441 e. The number of thioether (sulfide) groups is 1. The third kappa shape index (κ3) is 5.08. The number of benzene rings is 1. The van der Waals surface area contributed by atoms with Gasteiger partial charge in [0.2, 0.25) is 0 Å². The Balaban J connectivity index is 2.55. The summed E-state index contributed by atoms with van der Waals surface area (Å²) in [7, 11) is 1.72. The first-order valence-electron chi connectivity index (χ1n) is 4.76. The van der Waals surface area contributed by atoms with Crippen LogP contribution in [0.5, 0.6) is 0 Å². The molecule has 0 saturated heterocycles. The molecule has 0 fully saturated rings. The number of anilines is 2. The fourth-order valence-corrected chi connectivity index (χ4v) is 2.27. The van der Waals surface area contributed by atoms with Crippen molar-refractivity contribution in [2.24, 2.45) is 0 Å². The molecule has 0 radical (unpaired) electrons. The van der Waals surface area contributed by atoms with E-state index in [1.807, 2.05) is 0 Å². The fourth-order valence-electron chi connectivity index (χ4n) is 1.29. The van der Waals surface area contributed by atoms with Crippen molar-refractivity contribution in [3.8, 4) is 0 Å². The van der Waals surface area contributed by atoms with Gasteiger partial charge in [-0.15, -0.1) is 0 Å². The van der Waals surface area contributed by atoms with Gasteiger partial charge in [0.1, 0.15) is 0 Å². The van der Waals surface area contributed by atoms with Crippen molar-refractivity contribution in [3.05, 3.63) is 22.7 Å². The quantitative estimate of drug-likeness (QED) is 0.854. The summed E-state index contributed by atoms with van der Waals surface area (Å²) < 4.78 is 36.7. The van der Waals surface area contributed by atoms with Crippen molar-refractivity contribution < 1.29 is 13.2 Å². The Morgan fingerprint density at radius 3 is 2.59 bits per heavy atom. The first-order valence-corrected chi connectivity index (χ1v) is 6.54. The van der Waals surface area contributed by atoms with Crippen LogP contribution in [-0.4, -0.2) is 24.9 Å². The number of hydrogen-bond acceptors (Lipinski definition) is 3. The minimum Gasteiger partial charge on any atom is -0.397 e. The highest BCUT2D eigenvalue weighted by atomic mass is 79.9. The molecular weight excluding hydrogens is 317 g/mol. The van der Waals surface area contributed by atoms with Crippen LogP contribution in [-0.2, 0) is 0 Å². The second-order valence-electron chi connectivity index (χ2n) is 3.42. The van der Waals surface area contributed by atoms with Gasteiger partial charge in [-0.05, 0) is 30.0 Å². The molecule has 7 heteroatoms. The van der Waals surface area contributed by atoms with E-state index in [9.17, 15) is 13.2 Å². The number of hydrogen-bond donors (Lipinski definition) is 1. The van der Waals surface area contributed by atoms with Gasteiger partial charge in [0.05, 0.1) is 11.4 Å². The smallest absolute Gasteiger partial charge is 0.397 e. The molecular formula is C10H12BrF3N2S. The van der Waals surface area contributed by atoms with E-state index in [0.717, 1.165) is 10.2 Å². The summed E-state index contributed by atoms with van der Waals surface area (Å²) in [5.74, 6) is -0.0183. The molecule has 1 rings (SSSR count). The zero-order valence-corrected chi connectivity index (χ0v) is 11.5. The lowest BCUT2D eigenvalue weighted by molar-refractivity contribution is -0.0327. The zero-order valence-electron chi connectivity index (χ0n) is 9.09. The average molecular weight is 329 g/mol. The lowest BCUT2D eigenvalue weighted by Gasteiger charge is -2.21. The molecule has 0 unspecified atom stereocenters.